The van der Waals surface area contributed by atoms with Crippen LogP contribution in [-0.4, -0.2) is 42.3 Å². The molecule has 3 heteroatoms. The van der Waals surface area contributed by atoms with E-state index in [0.717, 1.165) is 19.0 Å². The standard InChI is InChI=1S/C13H26N2O/c1-10-7-15(9-13(2,3)16-10)8-11-4-5-12(14)6-11/h10-12H,4-9,14H2,1-3H3. The van der Waals surface area contributed by atoms with Crippen molar-refractivity contribution in [2.75, 3.05) is 19.6 Å². The van der Waals surface area contributed by atoms with E-state index in [-0.39, 0.29) is 5.60 Å². The van der Waals surface area contributed by atoms with Crippen molar-refractivity contribution in [3.8, 4) is 0 Å². The van der Waals surface area contributed by atoms with E-state index in [1.54, 1.807) is 0 Å². The molecule has 94 valence electrons. The third kappa shape index (κ3) is 3.19. The number of hydrogen-bond acceptors (Lipinski definition) is 3. The maximum atomic E-state index is 5.97. The molecular weight excluding hydrogens is 200 g/mol. The van der Waals surface area contributed by atoms with Crippen LogP contribution in [0.5, 0.6) is 0 Å². The highest BCUT2D eigenvalue weighted by atomic mass is 16.5. The summed E-state index contributed by atoms with van der Waals surface area (Å²) in [6.45, 7) is 9.91. The summed E-state index contributed by atoms with van der Waals surface area (Å²) in [5, 5.41) is 0. The molecule has 2 N–H and O–H groups in total. The topological polar surface area (TPSA) is 38.5 Å². The van der Waals surface area contributed by atoms with Gasteiger partial charge in [-0.15, -0.1) is 0 Å². The molecule has 3 unspecified atom stereocenters. The molecule has 0 aromatic rings. The van der Waals surface area contributed by atoms with Crippen LogP contribution in [0.3, 0.4) is 0 Å². The number of nitrogens with two attached hydrogens (primary N) is 1. The molecule has 0 radical (unpaired) electrons. The second-order valence-electron chi connectivity index (χ2n) is 6.32. The predicted octanol–water partition coefficient (Wildman–Crippen LogP) is 1.61. The first-order valence-corrected chi connectivity index (χ1v) is 6.60. The van der Waals surface area contributed by atoms with Crippen molar-refractivity contribution >= 4 is 0 Å². The molecule has 1 aliphatic carbocycles. The lowest BCUT2D eigenvalue weighted by Crippen LogP contribution is -2.52. The van der Waals surface area contributed by atoms with Crippen LogP contribution in [0.4, 0.5) is 0 Å². The van der Waals surface area contributed by atoms with Gasteiger partial charge in [0.25, 0.3) is 0 Å². The maximum Gasteiger partial charge on any atom is 0.0757 e. The number of hydrogen-bond donors (Lipinski definition) is 1. The van der Waals surface area contributed by atoms with Gasteiger partial charge in [0.05, 0.1) is 11.7 Å². The summed E-state index contributed by atoms with van der Waals surface area (Å²) >= 11 is 0. The Balaban J connectivity index is 1.85. The fourth-order valence-electron chi connectivity index (χ4n) is 3.37. The minimum absolute atomic E-state index is 0.0123. The molecule has 2 fully saturated rings. The molecule has 0 aromatic heterocycles. The van der Waals surface area contributed by atoms with Crippen LogP contribution >= 0.6 is 0 Å². The van der Waals surface area contributed by atoms with Gasteiger partial charge in [-0.1, -0.05) is 0 Å². The lowest BCUT2D eigenvalue weighted by molar-refractivity contribution is -0.130. The van der Waals surface area contributed by atoms with E-state index in [2.05, 4.69) is 25.7 Å². The van der Waals surface area contributed by atoms with Crippen LogP contribution in [0.15, 0.2) is 0 Å². The zero-order chi connectivity index (χ0) is 11.8. The Morgan fingerprint density at radius 2 is 2.12 bits per heavy atom. The van der Waals surface area contributed by atoms with E-state index >= 15 is 0 Å². The molecule has 1 heterocycles. The Bertz CT molecular complexity index is 242. The smallest absolute Gasteiger partial charge is 0.0757 e. The third-order valence-electron chi connectivity index (χ3n) is 3.74. The molecule has 1 aliphatic heterocycles. The SMILES string of the molecule is CC1CN(CC2CCC(N)C2)CC(C)(C)O1. The van der Waals surface area contributed by atoms with Crippen molar-refractivity contribution in [2.24, 2.45) is 11.7 Å². The molecule has 2 aliphatic rings. The first-order chi connectivity index (χ1) is 7.44. The predicted molar refractivity (Wildman–Crippen MR) is 66.4 cm³/mol. The molecule has 0 amide bonds. The monoisotopic (exact) mass is 226 g/mol. The van der Waals surface area contributed by atoms with Gasteiger partial charge in [0.15, 0.2) is 0 Å². The van der Waals surface area contributed by atoms with Gasteiger partial charge < -0.3 is 10.5 Å². The Labute approximate surface area is 99.3 Å². The molecule has 3 nitrogen and oxygen atoms in total. The second-order valence-corrected chi connectivity index (χ2v) is 6.32. The molecular formula is C13H26N2O. The van der Waals surface area contributed by atoms with Gasteiger partial charge >= 0.3 is 0 Å². The largest absolute Gasteiger partial charge is 0.370 e. The molecule has 1 saturated carbocycles. The highest BCUT2D eigenvalue weighted by Crippen LogP contribution is 2.27. The third-order valence-corrected chi connectivity index (χ3v) is 3.74. The Hall–Kier alpha value is -0.120. The molecule has 2 rings (SSSR count). The van der Waals surface area contributed by atoms with Crippen molar-refractivity contribution < 1.29 is 4.74 Å². The Morgan fingerprint density at radius 3 is 2.69 bits per heavy atom. The van der Waals surface area contributed by atoms with Gasteiger partial charge in [0.2, 0.25) is 0 Å². The lowest BCUT2D eigenvalue weighted by atomic mass is 10.0. The van der Waals surface area contributed by atoms with E-state index in [0.29, 0.717) is 12.1 Å². The fourth-order valence-corrected chi connectivity index (χ4v) is 3.37. The van der Waals surface area contributed by atoms with Gasteiger partial charge in [-0.25, -0.2) is 0 Å². The summed E-state index contributed by atoms with van der Waals surface area (Å²) in [7, 11) is 0. The molecule has 1 saturated heterocycles. The fraction of sp³-hybridized carbons (Fsp3) is 1.00. The first-order valence-electron chi connectivity index (χ1n) is 6.60. The summed E-state index contributed by atoms with van der Waals surface area (Å²) in [5.41, 5.74) is 5.98. The number of morpholine rings is 1. The van der Waals surface area contributed by atoms with Crippen molar-refractivity contribution in [1.29, 1.82) is 0 Å². The molecule has 0 aromatic carbocycles. The van der Waals surface area contributed by atoms with E-state index in [9.17, 15) is 0 Å². The van der Waals surface area contributed by atoms with Gasteiger partial charge in [0, 0.05) is 25.7 Å². The van der Waals surface area contributed by atoms with Gasteiger partial charge in [0.1, 0.15) is 0 Å². The van der Waals surface area contributed by atoms with E-state index in [1.165, 1.54) is 25.8 Å². The molecule has 16 heavy (non-hydrogen) atoms. The highest BCUT2D eigenvalue weighted by molar-refractivity contribution is 4.86. The number of nitrogens with zero attached hydrogens (tertiary/aromatic N) is 1. The summed E-state index contributed by atoms with van der Waals surface area (Å²) in [6.07, 6.45) is 4.10. The zero-order valence-corrected chi connectivity index (χ0v) is 10.9. The Kier molecular flexibility index (Phi) is 3.57. The summed E-state index contributed by atoms with van der Waals surface area (Å²) in [6, 6.07) is 0.455. The van der Waals surface area contributed by atoms with Crippen LogP contribution in [0.25, 0.3) is 0 Å². The van der Waals surface area contributed by atoms with Crippen LogP contribution in [0, 0.1) is 5.92 Å². The lowest BCUT2D eigenvalue weighted by Gasteiger charge is -2.42. The summed E-state index contributed by atoms with van der Waals surface area (Å²) in [4.78, 5) is 2.57. The van der Waals surface area contributed by atoms with Gasteiger partial charge in [-0.3, -0.25) is 4.90 Å². The normalized spacial score (nSPS) is 40.1. The average molecular weight is 226 g/mol. The molecule has 3 atom stereocenters. The van der Waals surface area contributed by atoms with E-state index < -0.39 is 0 Å². The molecule has 0 spiro atoms. The van der Waals surface area contributed by atoms with Crippen molar-refractivity contribution in [3.63, 3.8) is 0 Å². The van der Waals surface area contributed by atoms with Crippen LogP contribution in [-0.2, 0) is 4.74 Å². The summed E-state index contributed by atoms with van der Waals surface area (Å²) in [5.74, 6) is 0.816. The quantitative estimate of drug-likeness (QED) is 0.777. The van der Waals surface area contributed by atoms with Crippen molar-refractivity contribution in [2.45, 2.75) is 57.8 Å². The maximum absolute atomic E-state index is 5.97. The average Bonchev–Trinajstić information content (AvgIpc) is 2.46. The van der Waals surface area contributed by atoms with Crippen molar-refractivity contribution in [1.82, 2.24) is 4.90 Å². The zero-order valence-electron chi connectivity index (χ0n) is 10.9. The molecule has 0 bridgehead atoms. The van der Waals surface area contributed by atoms with Gasteiger partial charge in [-0.2, -0.15) is 0 Å². The van der Waals surface area contributed by atoms with Crippen LogP contribution in [0.2, 0.25) is 0 Å². The van der Waals surface area contributed by atoms with Crippen LogP contribution in [0.1, 0.15) is 40.0 Å². The highest BCUT2D eigenvalue weighted by Gasteiger charge is 2.33. The number of ether oxygens (including phenoxy) is 1. The minimum Gasteiger partial charge on any atom is -0.370 e. The second kappa shape index (κ2) is 4.63. The first kappa shape index (κ1) is 12.3. The van der Waals surface area contributed by atoms with Crippen LogP contribution < -0.4 is 5.73 Å². The summed E-state index contributed by atoms with van der Waals surface area (Å²) < 4.78 is 5.92. The van der Waals surface area contributed by atoms with E-state index in [1.807, 2.05) is 0 Å². The number of rotatable bonds is 2. The minimum atomic E-state index is 0.0123. The van der Waals surface area contributed by atoms with E-state index in [4.69, 9.17) is 10.5 Å². The van der Waals surface area contributed by atoms with Crippen molar-refractivity contribution in [3.05, 3.63) is 0 Å². The Morgan fingerprint density at radius 1 is 1.38 bits per heavy atom. The van der Waals surface area contributed by atoms with Gasteiger partial charge in [-0.05, 0) is 46.0 Å².